The van der Waals surface area contributed by atoms with Gasteiger partial charge in [0.25, 0.3) is 0 Å². The van der Waals surface area contributed by atoms with Crippen LogP contribution in [0.25, 0.3) is 5.65 Å². The molecule has 0 aliphatic carbocycles. The molecular formula is C14H20N4. The molecule has 3 rings (SSSR count). The van der Waals surface area contributed by atoms with E-state index in [1.807, 2.05) is 0 Å². The summed E-state index contributed by atoms with van der Waals surface area (Å²) >= 11 is 0. The molecule has 0 amide bonds. The van der Waals surface area contributed by atoms with Crippen LogP contribution in [0.1, 0.15) is 18.2 Å². The zero-order chi connectivity index (χ0) is 12.5. The molecule has 0 atom stereocenters. The SMILES string of the molecule is CCN(Cc1cn2cccc(C)c2n1)C1CNC1. The first kappa shape index (κ1) is 11.7. The molecule has 1 saturated heterocycles. The van der Waals surface area contributed by atoms with Crippen LogP contribution >= 0.6 is 0 Å². The van der Waals surface area contributed by atoms with Gasteiger partial charge in [0.2, 0.25) is 0 Å². The predicted octanol–water partition coefficient (Wildman–Crippen LogP) is 1.44. The summed E-state index contributed by atoms with van der Waals surface area (Å²) in [6.45, 7) is 8.59. The molecule has 96 valence electrons. The summed E-state index contributed by atoms with van der Waals surface area (Å²) in [4.78, 5) is 7.24. The Hall–Kier alpha value is -1.39. The van der Waals surface area contributed by atoms with Gasteiger partial charge < -0.3 is 9.72 Å². The van der Waals surface area contributed by atoms with Crippen molar-refractivity contribution < 1.29 is 0 Å². The molecule has 0 bridgehead atoms. The number of nitrogens with zero attached hydrogens (tertiary/aromatic N) is 3. The van der Waals surface area contributed by atoms with Gasteiger partial charge in [-0.1, -0.05) is 13.0 Å². The quantitative estimate of drug-likeness (QED) is 0.883. The predicted molar refractivity (Wildman–Crippen MR) is 72.7 cm³/mol. The first-order valence-corrected chi connectivity index (χ1v) is 6.66. The van der Waals surface area contributed by atoms with Crippen LogP contribution in [0.15, 0.2) is 24.5 Å². The van der Waals surface area contributed by atoms with Crippen molar-refractivity contribution in [3.63, 3.8) is 0 Å². The largest absolute Gasteiger partial charge is 0.314 e. The Morgan fingerprint density at radius 3 is 2.94 bits per heavy atom. The number of likely N-dealkylation sites (N-methyl/N-ethyl adjacent to an activating group) is 1. The van der Waals surface area contributed by atoms with Crippen molar-refractivity contribution in [2.45, 2.75) is 26.4 Å². The van der Waals surface area contributed by atoms with Crippen molar-refractivity contribution in [3.8, 4) is 0 Å². The van der Waals surface area contributed by atoms with Crippen LogP contribution in [0.3, 0.4) is 0 Å². The number of aromatic nitrogens is 2. The average Bonchev–Trinajstić information content (AvgIpc) is 2.70. The van der Waals surface area contributed by atoms with Crippen molar-refractivity contribution in [1.29, 1.82) is 0 Å². The van der Waals surface area contributed by atoms with Crippen LogP contribution in [-0.4, -0.2) is 40.0 Å². The van der Waals surface area contributed by atoms with Crippen molar-refractivity contribution in [2.75, 3.05) is 19.6 Å². The molecule has 0 spiro atoms. The number of imidazole rings is 1. The lowest BCUT2D eigenvalue weighted by Gasteiger charge is -2.37. The molecule has 2 aromatic heterocycles. The van der Waals surface area contributed by atoms with E-state index in [0.717, 1.165) is 37.5 Å². The summed E-state index contributed by atoms with van der Waals surface area (Å²) < 4.78 is 2.12. The van der Waals surface area contributed by atoms with Gasteiger partial charge >= 0.3 is 0 Å². The van der Waals surface area contributed by atoms with Crippen molar-refractivity contribution in [1.82, 2.24) is 19.6 Å². The second-order valence-electron chi connectivity index (χ2n) is 5.03. The Bertz CT molecular complexity index is 542. The van der Waals surface area contributed by atoms with Gasteiger partial charge in [-0.2, -0.15) is 0 Å². The maximum atomic E-state index is 4.74. The topological polar surface area (TPSA) is 32.6 Å². The van der Waals surface area contributed by atoms with Gasteiger partial charge in [0.05, 0.1) is 5.69 Å². The zero-order valence-electron chi connectivity index (χ0n) is 11.1. The van der Waals surface area contributed by atoms with E-state index in [4.69, 9.17) is 4.98 Å². The summed E-state index contributed by atoms with van der Waals surface area (Å²) in [7, 11) is 0. The summed E-state index contributed by atoms with van der Waals surface area (Å²) in [6, 6.07) is 4.86. The molecule has 4 heteroatoms. The molecular weight excluding hydrogens is 224 g/mol. The second-order valence-corrected chi connectivity index (χ2v) is 5.03. The number of fused-ring (bicyclic) bond motifs is 1. The van der Waals surface area contributed by atoms with Crippen LogP contribution in [0.5, 0.6) is 0 Å². The first-order chi connectivity index (χ1) is 8.78. The van der Waals surface area contributed by atoms with Crippen molar-refractivity contribution in [3.05, 3.63) is 35.8 Å². The van der Waals surface area contributed by atoms with Gasteiger partial charge in [0.15, 0.2) is 0 Å². The third-order valence-electron chi connectivity index (χ3n) is 3.78. The summed E-state index contributed by atoms with van der Waals surface area (Å²) in [5.74, 6) is 0. The Balaban J connectivity index is 1.83. The third kappa shape index (κ3) is 2.02. The maximum absolute atomic E-state index is 4.74. The Morgan fingerprint density at radius 1 is 1.50 bits per heavy atom. The van der Waals surface area contributed by atoms with E-state index in [-0.39, 0.29) is 0 Å². The first-order valence-electron chi connectivity index (χ1n) is 6.66. The number of pyridine rings is 1. The standard InChI is InChI=1S/C14H20N4/c1-3-17(13-7-15-8-13)9-12-10-18-6-4-5-11(2)14(18)16-12/h4-6,10,13,15H,3,7-9H2,1-2H3. The highest BCUT2D eigenvalue weighted by Gasteiger charge is 2.23. The van der Waals surface area contributed by atoms with Crippen LogP contribution in [0.2, 0.25) is 0 Å². The van der Waals surface area contributed by atoms with Gasteiger partial charge in [-0.15, -0.1) is 0 Å². The molecule has 0 aromatic carbocycles. The fourth-order valence-corrected chi connectivity index (χ4v) is 2.52. The van der Waals surface area contributed by atoms with E-state index >= 15 is 0 Å². The molecule has 1 aliphatic rings. The number of aryl methyl sites for hydroxylation is 1. The number of nitrogens with one attached hydrogen (secondary N) is 1. The van der Waals surface area contributed by atoms with E-state index in [1.54, 1.807) is 0 Å². The zero-order valence-corrected chi connectivity index (χ0v) is 11.1. The van der Waals surface area contributed by atoms with Crippen LogP contribution in [0, 0.1) is 6.92 Å². The fraction of sp³-hybridized carbons (Fsp3) is 0.500. The number of hydrogen-bond donors (Lipinski definition) is 1. The second kappa shape index (κ2) is 4.71. The van der Waals surface area contributed by atoms with Gasteiger partial charge in [0, 0.05) is 38.1 Å². The highest BCUT2D eigenvalue weighted by atomic mass is 15.2. The monoisotopic (exact) mass is 244 g/mol. The van der Waals surface area contributed by atoms with E-state index in [1.165, 1.54) is 5.56 Å². The molecule has 0 radical (unpaired) electrons. The van der Waals surface area contributed by atoms with Crippen LogP contribution in [-0.2, 0) is 6.54 Å². The lowest BCUT2D eigenvalue weighted by Crippen LogP contribution is -2.56. The molecule has 0 saturated carbocycles. The van der Waals surface area contributed by atoms with E-state index in [9.17, 15) is 0 Å². The molecule has 0 unspecified atom stereocenters. The Labute approximate surface area is 108 Å². The summed E-state index contributed by atoms with van der Waals surface area (Å²) in [5.41, 5.74) is 3.48. The smallest absolute Gasteiger partial charge is 0.139 e. The minimum absolute atomic E-state index is 0.681. The van der Waals surface area contributed by atoms with Crippen molar-refractivity contribution in [2.24, 2.45) is 0 Å². The van der Waals surface area contributed by atoms with Crippen LogP contribution in [0.4, 0.5) is 0 Å². The highest BCUT2D eigenvalue weighted by molar-refractivity contribution is 5.47. The van der Waals surface area contributed by atoms with Gasteiger partial charge in [-0.25, -0.2) is 4.98 Å². The maximum Gasteiger partial charge on any atom is 0.139 e. The van der Waals surface area contributed by atoms with E-state index in [0.29, 0.717) is 6.04 Å². The lowest BCUT2D eigenvalue weighted by atomic mass is 10.1. The number of hydrogen-bond acceptors (Lipinski definition) is 3. The minimum atomic E-state index is 0.681. The minimum Gasteiger partial charge on any atom is -0.314 e. The van der Waals surface area contributed by atoms with Gasteiger partial charge in [0.1, 0.15) is 5.65 Å². The van der Waals surface area contributed by atoms with Crippen molar-refractivity contribution >= 4 is 5.65 Å². The molecule has 1 aliphatic heterocycles. The highest BCUT2D eigenvalue weighted by Crippen LogP contribution is 2.14. The molecule has 3 heterocycles. The molecule has 2 aromatic rings. The normalized spacial score (nSPS) is 16.4. The average molecular weight is 244 g/mol. The van der Waals surface area contributed by atoms with Crippen LogP contribution < -0.4 is 5.32 Å². The van der Waals surface area contributed by atoms with Gasteiger partial charge in [-0.05, 0) is 25.1 Å². The molecule has 1 N–H and O–H groups in total. The Morgan fingerprint density at radius 2 is 2.33 bits per heavy atom. The molecule has 1 fully saturated rings. The van der Waals surface area contributed by atoms with E-state index in [2.05, 4.69) is 53.0 Å². The summed E-state index contributed by atoms with van der Waals surface area (Å²) in [5, 5.41) is 3.33. The molecule has 18 heavy (non-hydrogen) atoms. The number of rotatable bonds is 4. The van der Waals surface area contributed by atoms with E-state index < -0.39 is 0 Å². The Kier molecular flexibility index (Phi) is 3.06. The summed E-state index contributed by atoms with van der Waals surface area (Å²) in [6.07, 6.45) is 4.22. The lowest BCUT2D eigenvalue weighted by molar-refractivity contribution is 0.144. The van der Waals surface area contributed by atoms with Gasteiger partial charge in [-0.3, -0.25) is 4.90 Å². The third-order valence-corrected chi connectivity index (χ3v) is 3.78. The molecule has 4 nitrogen and oxygen atoms in total. The fourth-order valence-electron chi connectivity index (χ4n) is 2.52.